The molecule has 3 heterocycles. The smallest absolute Gasteiger partial charge is 0.270 e. The third-order valence-corrected chi connectivity index (χ3v) is 4.03. The fourth-order valence-corrected chi connectivity index (χ4v) is 2.64. The highest BCUT2D eigenvalue weighted by Crippen LogP contribution is 2.28. The van der Waals surface area contributed by atoms with E-state index in [0.717, 1.165) is 0 Å². The molecule has 3 aromatic rings. The van der Waals surface area contributed by atoms with Crippen LogP contribution in [0, 0.1) is 10.1 Å². The van der Waals surface area contributed by atoms with E-state index in [4.69, 9.17) is 4.52 Å². The minimum absolute atomic E-state index is 0.0809. The Bertz CT molecular complexity index is 968. The van der Waals surface area contributed by atoms with Crippen LogP contribution in [0.2, 0.25) is 0 Å². The summed E-state index contributed by atoms with van der Waals surface area (Å²) in [6.07, 6.45) is 3.17. The summed E-state index contributed by atoms with van der Waals surface area (Å²) in [5.41, 5.74) is 0.166. The number of hydrogen-bond donors (Lipinski definition) is 0. The number of benzene rings is 1. The molecule has 0 radical (unpaired) electrons. The van der Waals surface area contributed by atoms with Crippen molar-refractivity contribution in [2.45, 2.75) is 5.92 Å². The van der Waals surface area contributed by atoms with Crippen LogP contribution in [0.25, 0.3) is 11.6 Å². The van der Waals surface area contributed by atoms with Crippen LogP contribution in [0.4, 0.5) is 5.69 Å². The van der Waals surface area contributed by atoms with Gasteiger partial charge in [0.2, 0.25) is 17.5 Å². The topological polar surface area (TPSA) is 128 Å². The molecule has 130 valence electrons. The van der Waals surface area contributed by atoms with Crippen molar-refractivity contribution in [3.05, 3.63) is 64.3 Å². The number of nitro benzene ring substituents is 1. The van der Waals surface area contributed by atoms with Crippen LogP contribution >= 0.6 is 0 Å². The van der Waals surface area contributed by atoms with Gasteiger partial charge in [0, 0.05) is 43.2 Å². The van der Waals surface area contributed by atoms with Gasteiger partial charge in [0.15, 0.2) is 0 Å². The average molecular weight is 352 g/mol. The molecule has 10 heteroatoms. The largest absolute Gasteiger partial charge is 0.338 e. The predicted octanol–water partition coefficient (Wildman–Crippen LogP) is 1.67. The molecule has 1 aliphatic rings. The molecule has 0 atom stereocenters. The molecule has 1 aliphatic heterocycles. The molecule has 0 unspecified atom stereocenters. The second-order valence-corrected chi connectivity index (χ2v) is 5.74. The lowest BCUT2D eigenvalue weighted by atomic mass is 9.98. The summed E-state index contributed by atoms with van der Waals surface area (Å²) in [6, 6.07) is 7.36. The highest BCUT2D eigenvalue weighted by atomic mass is 16.6. The van der Waals surface area contributed by atoms with Gasteiger partial charge in [0.1, 0.15) is 0 Å². The first-order chi connectivity index (χ1) is 12.6. The van der Waals surface area contributed by atoms with Crippen LogP contribution < -0.4 is 0 Å². The zero-order chi connectivity index (χ0) is 18.1. The number of hydrogen-bond acceptors (Lipinski definition) is 8. The fraction of sp³-hybridized carbons (Fsp3) is 0.188. The number of non-ortho nitro benzene ring substituents is 1. The van der Waals surface area contributed by atoms with Gasteiger partial charge in [-0.1, -0.05) is 11.2 Å². The molecule has 0 spiro atoms. The first-order valence-electron chi connectivity index (χ1n) is 7.76. The Labute approximate surface area is 146 Å². The molecule has 1 aromatic carbocycles. The number of amides is 1. The highest BCUT2D eigenvalue weighted by molar-refractivity contribution is 5.95. The normalized spacial score (nSPS) is 14.1. The molecule has 2 aromatic heterocycles. The Morgan fingerprint density at radius 1 is 1.19 bits per heavy atom. The van der Waals surface area contributed by atoms with Gasteiger partial charge in [0.25, 0.3) is 11.6 Å². The van der Waals surface area contributed by atoms with E-state index in [0.29, 0.717) is 30.6 Å². The zero-order valence-electron chi connectivity index (χ0n) is 13.3. The van der Waals surface area contributed by atoms with E-state index in [1.165, 1.54) is 18.2 Å². The summed E-state index contributed by atoms with van der Waals surface area (Å²) in [6.45, 7) is 0.803. The Kier molecular flexibility index (Phi) is 3.84. The van der Waals surface area contributed by atoms with Crippen molar-refractivity contribution in [2.75, 3.05) is 13.1 Å². The Morgan fingerprint density at radius 3 is 2.69 bits per heavy atom. The van der Waals surface area contributed by atoms with Gasteiger partial charge in [0.05, 0.1) is 10.8 Å². The third kappa shape index (κ3) is 2.88. The summed E-state index contributed by atoms with van der Waals surface area (Å²) in [7, 11) is 0. The third-order valence-electron chi connectivity index (χ3n) is 4.03. The van der Waals surface area contributed by atoms with E-state index in [9.17, 15) is 14.9 Å². The number of nitro groups is 1. The molecular weight excluding hydrogens is 340 g/mol. The van der Waals surface area contributed by atoms with Gasteiger partial charge in [-0.15, -0.1) is 0 Å². The number of carbonyl (C=O) groups is 1. The number of rotatable bonds is 4. The molecule has 26 heavy (non-hydrogen) atoms. The standard InChI is InChI=1S/C16H12N6O4/c23-16(10-3-1-4-12(7-10)22(24)25)21-8-11(9-21)15-19-14(20-26-15)13-17-5-2-6-18-13/h1-7,11H,8-9H2. The van der Waals surface area contributed by atoms with Crippen molar-refractivity contribution in [3.63, 3.8) is 0 Å². The SMILES string of the molecule is O=C(c1cccc([N+](=O)[O-])c1)N1CC(c2nc(-c3ncccn3)no2)C1. The van der Waals surface area contributed by atoms with E-state index in [-0.39, 0.29) is 23.1 Å². The van der Waals surface area contributed by atoms with Crippen LogP contribution in [0.3, 0.4) is 0 Å². The maximum Gasteiger partial charge on any atom is 0.270 e. The van der Waals surface area contributed by atoms with Crippen molar-refractivity contribution < 1.29 is 14.2 Å². The van der Waals surface area contributed by atoms with Crippen LogP contribution in [-0.4, -0.2) is 48.9 Å². The van der Waals surface area contributed by atoms with Crippen molar-refractivity contribution >= 4 is 11.6 Å². The van der Waals surface area contributed by atoms with Gasteiger partial charge in [-0.05, 0) is 12.1 Å². The summed E-state index contributed by atoms with van der Waals surface area (Å²) in [5, 5.41) is 14.7. The monoisotopic (exact) mass is 352 g/mol. The molecule has 0 N–H and O–H groups in total. The van der Waals surface area contributed by atoms with Crippen molar-refractivity contribution in [3.8, 4) is 11.6 Å². The molecule has 1 saturated heterocycles. The van der Waals surface area contributed by atoms with E-state index in [2.05, 4.69) is 20.1 Å². The van der Waals surface area contributed by atoms with Gasteiger partial charge < -0.3 is 9.42 Å². The van der Waals surface area contributed by atoms with Gasteiger partial charge in [-0.3, -0.25) is 14.9 Å². The van der Waals surface area contributed by atoms with Crippen molar-refractivity contribution in [1.82, 2.24) is 25.0 Å². The van der Waals surface area contributed by atoms with Crippen molar-refractivity contribution in [2.24, 2.45) is 0 Å². The van der Waals surface area contributed by atoms with Crippen LogP contribution in [0.15, 0.2) is 47.2 Å². The minimum Gasteiger partial charge on any atom is -0.338 e. The Balaban J connectivity index is 1.43. The molecular formula is C16H12N6O4. The lowest BCUT2D eigenvalue weighted by molar-refractivity contribution is -0.384. The Hall–Kier alpha value is -3.69. The summed E-state index contributed by atoms with van der Waals surface area (Å²) in [4.78, 5) is 36.7. The van der Waals surface area contributed by atoms with Crippen LogP contribution in [-0.2, 0) is 0 Å². The second-order valence-electron chi connectivity index (χ2n) is 5.74. The number of carbonyl (C=O) groups excluding carboxylic acids is 1. The number of aromatic nitrogens is 4. The van der Waals surface area contributed by atoms with Crippen molar-refractivity contribution in [1.29, 1.82) is 0 Å². The molecule has 0 aliphatic carbocycles. The second kappa shape index (κ2) is 6.31. The number of likely N-dealkylation sites (tertiary alicyclic amines) is 1. The molecule has 1 fully saturated rings. The molecule has 0 saturated carbocycles. The maximum absolute atomic E-state index is 12.4. The highest BCUT2D eigenvalue weighted by Gasteiger charge is 2.36. The van der Waals surface area contributed by atoms with Gasteiger partial charge in [-0.25, -0.2) is 9.97 Å². The predicted molar refractivity (Wildman–Crippen MR) is 87.1 cm³/mol. The molecule has 4 rings (SSSR count). The average Bonchev–Trinajstić information content (AvgIpc) is 3.11. The quantitative estimate of drug-likeness (QED) is 0.512. The lowest BCUT2D eigenvalue weighted by Gasteiger charge is -2.37. The van der Waals surface area contributed by atoms with Gasteiger partial charge >= 0.3 is 0 Å². The first-order valence-corrected chi connectivity index (χ1v) is 7.76. The maximum atomic E-state index is 12.4. The lowest BCUT2D eigenvalue weighted by Crippen LogP contribution is -2.48. The van der Waals surface area contributed by atoms with E-state index in [1.54, 1.807) is 29.4 Å². The van der Waals surface area contributed by atoms with E-state index in [1.807, 2.05) is 0 Å². The summed E-state index contributed by atoms with van der Waals surface area (Å²) >= 11 is 0. The number of nitrogens with zero attached hydrogens (tertiary/aromatic N) is 6. The molecule has 0 bridgehead atoms. The fourth-order valence-electron chi connectivity index (χ4n) is 2.64. The summed E-state index contributed by atoms with van der Waals surface area (Å²) < 4.78 is 5.24. The molecule has 1 amide bonds. The summed E-state index contributed by atoms with van der Waals surface area (Å²) in [5.74, 6) is 0.727. The zero-order valence-corrected chi connectivity index (χ0v) is 13.3. The van der Waals surface area contributed by atoms with Gasteiger partial charge in [-0.2, -0.15) is 4.98 Å². The van der Waals surface area contributed by atoms with E-state index >= 15 is 0 Å². The minimum atomic E-state index is -0.526. The molecule has 10 nitrogen and oxygen atoms in total. The van der Waals surface area contributed by atoms with Crippen LogP contribution in [0.1, 0.15) is 22.2 Å². The Morgan fingerprint density at radius 2 is 1.96 bits per heavy atom. The first kappa shape index (κ1) is 15.8. The van der Waals surface area contributed by atoms with E-state index < -0.39 is 4.92 Å². The van der Waals surface area contributed by atoms with Crippen LogP contribution in [0.5, 0.6) is 0 Å².